The van der Waals surface area contributed by atoms with Gasteiger partial charge in [0, 0.05) is 54.9 Å². The summed E-state index contributed by atoms with van der Waals surface area (Å²) in [5.74, 6) is -0.989. The number of pyridine rings is 1. The molecule has 4 aromatic rings. The van der Waals surface area contributed by atoms with Gasteiger partial charge in [-0.15, -0.1) is 0 Å². The molecule has 242 valence electrons. The Labute approximate surface area is 277 Å². The predicted molar refractivity (Wildman–Crippen MR) is 188 cm³/mol. The zero-order chi connectivity index (χ0) is 32.8. The fourth-order valence-corrected chi connectivity index (χ4v) is 7.72. The Morgan fingerprint density at radius 3 is 2.35 bits per heavy atom. The van der Waals surface area contributed by atoms with E-state index in [1.165, 1.54) is 21.6 Å². The summed E-state index contributed by atoms with van der Waals surface area (Å²) >= 11 is 1.74. The van der Waals surface area contributed by atoms with Gasteiger partial charge in [-0.25, -0.2) is 9.78 Å². The number of rotatable bonds is 7. The highest BCUT2D eigenvalue weighted by atomic mass is 32.1. The van der Waals surface area contributed by atoms with E-state index in [1.807, 2.05) is 40.0 Å². The summed E-state index contributed by atoms with van der Waals surface area (Å²) in [6.45, 7) is 17.8. The summed E-state index contributed by atoms with van der Waals surface area (Å²) in [5, 5.41) is 11.6. The summed E-state index contributed by atoms with van der Waals surface area (Å²) in [7, 11) is 0. The lowest BCUT2D eigenvalue weighted by molar-refractivity contribution is -0.160. The average Bonchev–Trinajstić information content (AvgIpc) is 3.50. The van der Waals surface area contributed by atoms with E-state index in [9.17, 15) is 9.90 Å². The second-order valence-electron chi connectivity index (χ2n) is 14.5. The Morgan fingerprint density at radius 2 is 1.67 bits per heavy atom. The van der Waals surface area contributed by atoms with E-state index in [0.29, 0.717) is 11.3 Å². The molecular weight excluding hydrogens is 593 g/mol. The SMILES string of the molecule is Cc1nc(C)c([C@H](OC(C)(C)C)C(=O)O)c(N2CCC(C)(C)CC2)c1-c1ccc2c(c1)CCN(c1ncc(-c3ccccc3)s1)C2. The number of carboxylic acid groups (broad SMARTS) is 1. The van der Waals surface area contributed by atoms with Crippen molar-refractivity contribution in [3.63, 3.8) is 0 Å². The van der Waals surface area contributed by atoms with Crippen LogP contribution >= 0.6 is 11.3 Å². The minimum Gasteiger partial charge on any atom is -0.479 e. The molecule has 1 saturated heterocycles. The predicted octanol–water partition coefficient (Wildman–Crippen LogP) is 8.62. The van der Waals surface area contributed by atoms with Crippen molar-refractivity contribution in [2.75, 3.05) is 29.4 Å². The molecule has 1 atom stereocenters. The zero-order valence-corrected chi connectivity index (χ0v) is 29.0. The number of carbonyl (C=O) groups is 1. The standard InChI is InChI=1S/C38H46N4O3S/c1-24-31(33(41-19-16-38(6,7)17-20-41)32(25(2)40-24)34(35(43)44)45-37(3,4)5)28-13-14-29-23-42(18-15-27(29)21-28)36-39-22-30(46-36)26-11-9-8-10-12-26/h8-14,21-22,34H,15-20,23H2,1-7H3,(H,43,44)/t34-/m0/s1. The molecule has 0 saturated carbocycles. The summed E-state index contributed by atoms with van der Waals surface area (Å²) in [6.07, 6.45) is 3.84. The van der Waals surface area contributed by atoms with Gasteiger partial charge < -0.3 is 19.6 Å². The van der Waals surface area contributed by atoms with Crippen molar-refractivity contribution >= 4 is 28.1 Å². The van der Waals surface area contributed by atoms with Crippen LogP contribution in [0.5, 0.6) is 0 Å². The van der Waals surface area contributed by atoms with Gasteiger partial charge in [-0.1, -0.05) is 73.7 Å². The lowest BCUT2D eigenvalue weighted by atomic mass is 9.81. The molecule has 0 bridgehead atoms. The van der Waals surface area contributed by atoms with Crippen molar-refractivity contribution in [3.05, 3.63) is 82.8 Å². The van der Waals surface area contributed by atoms with Crippen LogP contribution in [0.3, 0.4) is 0 Å². The second-order valence-corrected chi connectivity index (χ2v) is 15.6. The monoisotopic (exact) mass is 638 g/mol. The maximum absolute atomic E-state index is 12.8. The lowest BCUT2D eigenvalue weighted by Crippen LogP contribution is -2.39. The molecule has 8 heteroatoms. The first-order valence-corrected chi connectivity index (χ1v) is 17.2. The maximum atomic E-state index is 12.8. The van der Waals surface area contributed by atoms with Gasteiger partial charge in [0.1, 0.15) is 0 Å². The normalized spacial score (nSPS) is 17.1. The molecule has 0 spiro atoms. The molecule has 1 N–H and O–H groups in total. The van der Waals surface area contributed by atoms with Crippen molar-refractivity contribution in [1.29, 1.82) is 0 Å². The third-order valence-electron chi connectivity index (χ3n) is 9.30. The Balaban J connectivity index is 1.39. The molecule has 0 aliphatic carbocycles. The van der Waals surface area contributed by atoms with Crippen LogP contribution in [-0.2, 0) is 22.5 Å². The van der Waals surface area contributed by atoms with Gasteiger partial charge in [-0.05, 0) is 81.5 Å². The van der Waals surface area contributed by atoms with Crippen molar-refractivity contribution in [1.82, 2.24) is 9.97 Å². The van der Waals surface area contributed by atoms with Gasteiger partial charge in [-0.3, -0.25) is 4.98 Å². The van der Waals surface area contributed by atoms with Crippen LogP contribution in [0, 0.1) is 19.3 Å². The molecule has 2 aromatic carbocycles. The first kappa shape index (κ1) is 32.2. The largest absolute Gasteiger partial charge is 0.479 e. The number of aromatic nitrogens is 2. The molecule has 7 nitrogen and oxygen atoms in total. The van der Waals surface area contributed by atoms with E-state index in [-0.39, 0.29) is 5.41 Å². The molecule has 2 aliphatic heterocycles. The number of aryl methyl sites for hydroxylation is 2. The number of fused-ring (bicyclic) bond motifs is 1. The van der Waals surface area contributed by atoms with Gasteiger partial charge in [0.05, 0.1) is 16.2 Å². The highest BCUT2D eigenvalue weighted by molar-refractivity contribution is 7.18. The molecule has 0 radical (unpaired) electrons. The number of piperidine rings is 1. The van der Waals surface area contributed by atoms with E-state index in [0.717, 1.165) is 73.1 Å². The van der Waals surface area contributed by atoms with E-state index in [4.69, 9.17) is 14.7 Å². The molecule has 0 unspecified atom stereocenters. The molecule has 2 aromatic heterocycles. The van der Waals surface area contributed by atoms with Crippen LogP contribution in [0.15, 0.2) is 54.7 Å². The second kappa shape index (κ2) is 12.5. The molecule has 2 aliphatic rings. The first-order chi connectivity index (χ1) is 21.8. The first-order valence-electron chi connectivity index (χ1n) is 16.3. The lowest BCUT2D eigenvalue weighted by Gasteiger charge is -2.41. The van der Waals surface area contributed by atoms with Crippen molar-refractivity contribution < 1.29 is 14.6 Å². The fraction of sp³-hybridized carbons (Fsp3) is 0.447. The summed E-state index contributed by atoms with van der Waals surface area (Å²) in [4.78, 5) is 28.5. The topological polar surface area (TPSA) is 78.8 Å². The van der Waals surface area contributed by atoms with E-state index >= 15 is 0 Å². The third-order valence-corrected chi connectivity index (χ3v) is 10.4. The van der Waals surface area contributed by atoms with Gasteiger partial charge in [0.25, 0.3) is 0 Å². The Morgan fingerprint density at radius 1 is 0.957 bits per heavy atom. The number of thiazole rings is 1. The highest BCUT2D eigenvalue weighted by Crippen LogP contribution is 2.45. The molecule has 4 heterocycles. The number of benzene rings is 2. The van der Waals surface area contributed by atoms with Gasteiger partial charge in [0.2, 0.25) is 0 Å². The number of anilines is 2. The molecular formula is C38H46N4O3S. The van der Waals surface area contributed by atoms with Crippen LogP contribution in [0.4, 0.5) is 10.8 Å². The summed E-state index contributed by atoms with van der Waals surface area (Å²) in [6, 6.07) is 17.2. The summed E-state index contributed by atoms with van der Waals surface area (Å²) in [5.41, 5.74) is 8.78. The number of aliphatic carboxylic acids is 1. The van der Waals surface area contributed by atoms with Crippen molar-refractivity contribution in [3.8, 4) is 21.6 Å². The number of nitrogens with zero attached hydrogens (tertiary/aromatic N) is 4. The van der Waals surface area contributed by atoms with E-state index in [2.05, 4.69) is 73.0 Å². The van der Waals surface area contributed by atoms with Crippen molar-refractivity contribution in [2.45, 2.75) is 86.0 Å². The molecule has 0 amide bonds. The zero-order valence-electron chi connectivity index (χ0n) is 28.2. The molecule has 6 rings (SSSR count). The summed E-state index contributed by atoms with van der Waals surface area (Å²) < 4.78 is 6.27. The van der Waals surface area contributed by atoms with Gasteiger partial charge >= 0.3 is 5.97 Å². The van der Waals surface area contributed by atoms with Crippen LogP contribution in [0.25, 0.3) is 21.6 Å². The van der Waals surface area contributed by atoms with Gasteiger partial charge in [-0.2, -0.15) is 0 Å². The Bertz CT molecular complexity index is 1730. The Hall–Kier alpha value is -3.75. The molecule has 46 heavy (non-hydrogen) atoms. The Kier molecular flexibility index (Phi) is 8.72. The number of hydrogen-bond acceptors (Lipinski definition) is 7. The minimum atomic E-state index is -1.12. The van der Waals surface area contributed by atoms with Crippen LogP contribution in [0.2, 0.25) is 0 Å². The maximum Gasteiger partial charge on any atom is 0.337 e. The van der Waals surface area contributed by atoms with Crippen LogP contribution in [-0.4, -0.2) is 46.3 Å². The fourth-order valence-electron chi connectivity index (χ4n) is 6.77. The highest BCUT2D eigenvalue weighted by Gasteiger charge is 2.36. The van der Waals surface area contributed by atoms with E-state index in [1.54, 1.807) is 11.3 Å². The van der Waals surface area contributed by atoms with Crippen molar-refractivity contribution in [2.24, 2.45) is 5.41 Å². The third kappa shape index (κ3) is 6.69. The molecule has 1 fully saturated rings. The smallest absolute Gasteiger partial charge is 0.337 e. The van der Waals surface area contributed by atoms with Crippen LogP contribution < -0.4 is 9.80 Å². The minimum absolute atomic E-state index is 0.249. The number of carboxylic acids is 1. The number of hydrogen-bond donors (Lipinski definition) is 1. The quantitative estimate of drug-likeness (QED) is 0.217. The average molecular weight is 639 g/mol. The van der Waals surface area contributed by atoms with E-state index < -0.39 is 17.7 Å². The van der Waals surface area contributed by atoms with Crippen LogP contribution in [0.1, 0.15) is 81.6 Å². The number of ether oxygens (including phenoxy) is 1. The van der Waals surface area contributed by atoms with Gasteiger partial charge in [0.15, 0.2) is 11.2 Å².